The highest BCUT2D eigenvalue weighted by molar-refractivity contribution is 7.17. The van der Waals surface area contributed by atoms with E-state index in [2.05, 4.69) is 34.5 Å². The monoisotopic (exact) mass is 434 g/mol. The van der Waals surface area contributed by atoms with Crippen LogP contribution >= 0.6 is 11.3 Å². The standard InChI is InChI=1S/C26H30N2O2S/c1-3-5-7-9-19-29-23-15-11-21(12-16-23)25-27-28-26(31-25)22-13-17-24(18-14-22)30-20-10-8-6-4-2/h3-6,11-18H,7-10,19-20H2,1-2H3. The normalized spacial score (nSPS) is 11.4. The molecular formula is C26H30N2O2S. The van der Waals surface area contributed by atoms with E-state index in [1.165, 1.54) is 0 Å². The van der Waals surface area contributed by atoms with Gasteiger partial charge < -0.3 is 9.47 Å². The molecule has 1 aromatic heterocycles. The van der Waals surface area contributed by atoms with Crippen LogP contribution in [0, 0.1) is 0 Å². The molecule has 0 aliphatic rings. The SMILES string of the molecule is CC=CCCCOc1ccc(-c2nnc(-c3ccc(OCCCC=CC)cc3)s2)cc1. The van der Waals surface area contributed by atoms with Crippen molar-refractivity contribution >= 4 is 11.3 Å². The molecule has 0 spiro atoms. The van der Waals surface area contributed by atoms with E-state index >= 15 is 0 Å². The predicted octanol–water partition coefficient (Wildman–Crippen LogP) is 7.34. The second-order valence-corrected chi connectivity index (χ2v) is 8.06. The van der Waals surface area contributed by atoms with Crippen molar-refractivity contribution < 1.29 is 9.47 Å². The highest BCUT2D eigenvalue weighted by atomic mass is 32.1. The Morgan fingerprint density at radius 1 is 0.677 bits per heavy atom. The summed E-state index contributed by atoms with van der Waals surface area (Å²) in [5, 5.41) is 10.5. The molecule has 3 aromatic rings. The first kappa shape index (κ1) is 22.8. The van der Waals surface area contributed by atoms with Crippen molar-refractivity contribution in [2.75, 3.05) is 13.2 Å². The fourth-order valence-electron chi connectivity index (χ4n) is 2.96. The molecule has 0 saturated carbocycles. The van der Waals surface area contributed by atoms with E-state index in [4.69, 9.17) is 9.47 Å². The molecule has 0 N–H and O–H groups in total. The summed E-state index contributed by atoms with van der Waals surface area (Å²) in [6, 6.07) is 16.1. The van der Waals surface area contributed by atoms with Gasteiger partial charge in [0.05, 0.1) is 13.2 Å². The maximum Gasteiger partial charge on any atom is 0.148 e. The number of rotatable bonds is 12. The van der Waals surface area contributed by atoms with Crippen molar-refractivity contribution in [3.63, 3.8) is 0 Å². The van der Waals surface area contributed by atoms with Crippen LogP contribution in [0.2, 0.25) is 0 Å². The predicted molar refractivity (Wildman–Crippen MR) is 130 cm³/mol. The van der Waals surface area contributed by atoms with Crippen LogP contribution < -0.4 is 9.47 Å². The lowest BCUT2D eigenvalue weighted by atomic mass is 10.2. The van der Waals surface area contributed by atoms with Crippen LogP contribution in [0.3, 0.4) is 0 Å². The molecule has 4 nitrogen and oxygen atoms in total. The van der Waals surface area contributed by atoms with Gasteiger partial charge >= 0.3 is 0 Å². The van der Waals surface area contributed by atoms with Gasteiger partial charge in [-0.1, -0.05) is 35.6 Å². The van der Waals surface area contributed by atoms with E-state index in [0.29, 0.717) is 0 Å². The molecule has 0 unspecified atom stereocenters. The molecule has 162 valence electrons. The summed E-state index contributed by atoms with van der Waals surface area (Å²) in [6.45, 7) is 5.53. The van der Waals surface area contributed by atoms with Crippen LogP contribution in [0.4, 0.5) is 0 Å². The average molecular weight is 435 g/mol. The Morgan fingerprint density at radius 2 is 1.10 bits per heavy atom. The Morgan fingerprint density at radius 3 is 1.48 bits per heavy atom. The van der Waals surface area contributed by atoms with Gasteiger partial charge in [-0.05, 0) is 88.1 Å². The van der Waals surface area contributed by atoms with E-state index in [9.17, 15) is 0 Å². The van der Waals surface area contributed by atoms with Gasteiger partial charge in [0, 0.05) is 11.1 Å². The molecule has 0 saturated heterocycles. The molecular weight excluding hydrogens is 404 g/mol. The zero-order valence-electron chi connectivity index (χ0n) is 18.3. The molecule has 5 heteroatoms. The highest BCUT2D eigenvalue weighted by Crippen LogP contribution is 2.31. The second-order valence-electron chi connectivity index (χ2n) is 7.08. The van der Waals surface area contributed by atoms with Crippen LogP contribution in [0.5, 0.6) is 11.5 Å². The summed E-state index contributed by atoms with van der Waals surface area (Å²) in [4.78, 5) is 0. The fraction of sp³-hybridized carbons (Fsp3) is 0.308. The quantitative estimate of drug-likeness (QED) is 0.221. The Hall–Kier alpha value is -2.92. The minimum absolute atomic E-state index is 0.724. The van der Waals surface area contributed by atoms with Crippen molar-refractivity contribution in [2.45, 2.75) is 39.5 Å². The maximum absolute atomic E-state index is 5.79. The largest absolute Gasteiger partial charge is 0.494 e. The third kappa shape index (κ3) is 7.37. The van der Waals surface area contributed by atoms with Crippen molar-refractivity contribution in [1.82, 2.24) is 10.2 Å². The number of unbranched alkanes of at least 4 members (excludes halogenated alkanes) is 2. The van der Waals surface area contributed by atoms with Crippen LogP contribution in [-0.4, -0.2) is 23.4 Å². The van der Waals surface area contributed by atoms with Gasteiger partial charge in [0.25, 0.3) is 0 Å². The molecule has 0 bridgehead atoms. The molecule has 0 atom stereocenters. The third-order valence-electron chi connectivity index (χ3n) is 4.67. The summed E-state index contributed by atoms with van der Waals surface area (Å²) < 4.78 is 11.6. The van der Waals surface area contributed by atoms with E-state index in [-0.39, 0.29) is 0 Å². The number of ether oxygens (including phenoxy) is 2. The first-order chi connectivity index (χ1) is 15.3. The average Bonchev–Trinajstić information content (AvgIpc) is 3.30. The zero-order valence-corrected chi connectivity index (χ0v) is 19.1. The van der Waals surface area contributed by atoms with E-state index in [1.807, 2.05) is 62.4 Å². The van der Waals surface area contributed by atoms with E-state index in [0.717, 1.165) is 71.5 Å². The minimum Gasteiger partial charge on any atom is -0.494 e. The third-order valence-corrected chi connectivity index (χ3v) is 5.69. The zero-order chi connectivity index (χ0) is 21.7. The second kappa shape index (κ2) is 12.7. The van der Waals surface area contributed by atoms with Gasteiger partial charge in [0.1, 0.15) is 21.5 Å². The summed E-state index contributed by atoms with van der Waals surface area (Å²) in [5.41, 5.74) is 2.09. The highest BCUT2D eigenvalue weighted by Gasteiger charge is 2.09. The molecule has 2 aromatic carbocycles. The Kier molecular flexibility index (Phi) is 9.32. The first-order valence-corrected chi connectivity index (χ1v) is 11.6. The van der Waals surface area contributed by atoms with Crippen LogP contribution in [0.1, 0.15) is 39.5 Å². The number of benzene rings is 2. The van der Waals surface area contributed by atoms with Crippen molar-refractivity contribution in [3.8, 4) is 32.6 Å². The first-order valence-electron chi connectivity index (χ1n) is 10.8. The molecule has 3 rings (SSSR count). The maximum atomic E-state index is 5.79. The topological polar surface area (TPSA) is 44.2 Å². The Labute approximate surface area is 189 Å². The molecule has 0 fully saturated rings. The number of aromatic nitrogens is 2. The van der Waals surface area contributed by atoms with Crippen LogP contribution in [0.25, 0.3) is 21.1 Å². The number of allylic oxidation sites excluding steroid dienone is 4. The number of hydrogen-bond acceptors (Lipinski definition) is 5. The van der Waals surface area contributed by atoms with Crippen molar-refractivity contribution in [3.05, 3.63) is 72.8 Å². The molecule has 0 aliphatic heterocycles. The van der Waals surface area contributed by atoms with Gasteiger partial charge in [-0.15, -0.1) is 10.2 Å². The van der Waals surface area contributed by atoms with Gasteiger partial charge in [-0.3, -0.25) is 0 Å². The van der Waals surface area contributed by atoms with E-state index < -0.39 is 0 Å². The number of hydrogen-bond donors (Lipinski definition) is 0. The van der Waals surface area contributed by atoms with Gasteiger partial charge in [0.2, 0.25) is 0 Å². The minimum atomic E-state index is 0.724. The van der Waals surface area contributed by atoms with Gasteiger partial charge in [-0.2, -0.15) is 0 Å². The molecule has 0 amide bonds. The van der Waals surface area contributed by atoms with Gasteiger partial charge in [-0.25, -0.2) is 0 Å². The lowest BCUT2D eigenvalue weighted by molar-refractivity contribution is 0.312. The number of nitrogens with zero attached hydrogens (tertiary/aromatic N) is 2. The molecule has 0 aliphatic carbocycles. The van der Waals surface area contributed by atoms with Gasteiger partial charge in [0.15, 0.2) is 0 Å². The van der Waals surface area contributed by atoms with Crippen LogP contribution in [0.15, 0.2) is 72.8 Å². The smallest absolute Gasteiger partial charge is 0.148 e. The summed E-state index contributed by atoms with van der Waals surface area (Å²) >= 11 is 1.59. The van der Waals surface area contributed by atoms with Crippen molar-refractivity contribution in [2.24, 2.45) is 0 Å². The summed E-state index contributed by atoms with van der Waals surface area (Å²) in [6.07, 6.45) is 12.6. The fourth-order valence-corrected chi connectivity index (χ4v) is 3.81. The Balaban J connectivity index is 1.53. The van der Waals surface area contributed by atoms with Crippen molar-refractivity contribution in [1.29, 1.82) is 0 Å². The summed E-state index contributed by atoms with van der Waals surface area (Å²) in [7, 11) is 0. The lowest BCUT2D eigenvalue weighted by Gasteiger charge is -2.05. The molecule has 0 radical (unpaired) electrons. The molecule has 1 heterocycles. The van der Waals surface area contributed by atoms with E-state index in [1.54, 1.807) is 11.3 Å². The molecule has 31 heavy (non-hydrogen) atoms. The Bertz CT molecular complexity index is 882. The lowest BCUT2D eigenvalue weighted by Crippen LogP contribution is -1.96. The van der Waals surface area contributed by atoms with Crippen LogP contribution in [-0.2, 0) is 0 Å². The summed E-state index contributed by atoms with van der Waals surface area (Å²) in [5.74, 6) is 1.77.